The minimum absolute atomic E-state index is 0.297. The highest BCUT2D eigenvalue weighted by molar-refractivity contribution is 5.81. The second kappa shape index (κ2) is 8.80. The van der Waals surface area contributed by atoms with Crippen LogP contribution in [0.5, 0.6) is 5.75 Å². The zero-order chi connectivity index (χ0) is 20.2. The zero-order valence-corrected chi connectivity index (χ0v) is 17.2. The minimum atomic E-state index is -0.297. The van der Waals surface area contributed by atoms with Crippen LogP contribution >= 0.6 is 0 Å². The Kier molecular flexibility index (Phi) is 5.97. The summed E-state index contributed by atoms with van der Waals surface area (Å²) < 4.78 is 11.0. The van der Waals surface area contributed by atoms with Crippen molar-refractivity contribution in [2.75, 3.05) is 32.8 Å². The summed E-state index contributed by atoms with van der Waals surface area (Å²) in [5.74, 6) is 0.804. The number of piperazine rings is 1. The van der Waals surface area contributed by atoms with Gasteiger partial charge in [0.05, 0.1) is 6.61 Å². The van der Waals surface area contributed by atoms with Crippen LogP contribution < -0.4 is 10.4 Å². The lowest BCUT2D eigenvalue weighted by molar-refractivity contribution is 0.122. The molecule has 0 N–H and O–H groups in total. The highest BCUT2D eigenvalue weighted by Crippen LogP contribution is 2.24. The third kappa shape index (κ3) is 4.86. The predicted octanol–water partition coefficient (Wildman–Crippen LogP) is 3.82. The number of rotatable bonds is 6. The largest absolute Gasteiger partial charge is 0.494 e. The van der Waals surface area contributed by atoms with Crippen LogP contribution in [-0.2, 0) is 13.1 Å². The zero-order valence-electron chi connectivity index (χ0n) is 17.2. The molecule has 3 aromatic rings. The van der Waals surface area contributed by atoms with E-state index in [2.05, 4.69) is 41.0 Å². The first kappa shape index (κ1) is 19.7. The molecule has 152 valence electrons. The summed E-state index contributed by atoms with van der Waals surface area (Å²) in [5, 5.41) is 0.956. The third-order valence-corrected chi connectivity index (χ3v) is 5.46. The highest BCUT2D eigenvalue weighted by atomic mass is 16.5. The van der Waals surface area contributed by atoms with Gasteiger partial charge in [0.2, 0.25) is 0 Å². The standard InChI is InChI=1S/C24H28N2O3/c1-3-28-21-7-8-23-22(15-21)20(14-24(27)29-23)17-26-11-9-25(10-12-26)16-19-6-4-5-18(2)13-19/h4-8,13-15H,3,9-12,16-17H2,1-2H3. The summed E-state index contributed by atoms with van der Waals surface area (Å²) in [6.45, 7) is 10.5. The Labute approximate surface area is 171 Å². The van der Waals surface area contributed by atoms with Gasteiger partial charge in [-0.05, 0) is 43.2 Å². The molecule has 29 heavy (non-hydrogen) atoms. The van der Waals surface area contributed by atoms with Crippen molar-refractivity contribution in [2.45, 2.75) is 26.9 Å². The molecule has 5 nitrogen and oxygen atoms in total. The van der Waals surface area contributed by atoms with Crippen LogP contribution in [0.25, 0.3) is 11.0 Å². The van der Waals surface area contributed by atoms with Crippen molar-refractivity contribution in [2.24, 2.45) is 0 Å². The van der Waals surface area contributed by atoms with Gasteiger partial charge in [-0.25, -0.2) is 4.79 Å². The topological polar surface area (TPSA) is 45.9 Å². The van der Waals surface area contributed by atoms with Gasteiger partial charge in [0.1, 0.15) is 11.3 Å². The van der Waals surface area contributed by atoms with Gasteiger partial charge < -0.3 is 9.15 Å². The van der Waals surface area contributed by atoms with E-state index < -0.39 is 0 Å². The lowest BCUT2D eigenvalue weighted by Gasteiger charge is -2.34. The Morgan fingerprint density at radius 3 is 2.45 bits per heavy atom. The first-order valence-corrected chi connectivity index (χ1v) is 10.3. The van der Waals surface area contributed by atoms with Crippen molar-refractivity contribution >= 4 is 11.0 Å². The third-order valence-electron chi connectivity index (χ3n) is 5.46. The molecule has 0 radical (unpaired) electrons. The molecule has 1 saturated heterocycles. The Balaban J connectivity index is 1.44. The number of fused-ring (bicyclic) bond motifs is 1. The van der Waals surface area contributed by atoms with E-state index in [9.17, 15) is 4.79 Å². The summed E-state index contributed by atoms with van der Waals surface area (Å²) in [6, 6.07) is 16.0. The van der Waals surface area contributed by atoms with Gasteiger partial charge in [-0.3, -0.25) is 9.80 Å². The lowest BCUT2D eigenvalue weighted by atomic mass is 10.1. The molecule has 1 aromatic heterocycles. The fourth-order valence-corrected chi connectivity index (χ4v) is 4.01. The minimum Gasteiger partial charge on any atom is -0.494 e. The summed E-state index contributed by atoms with van der Waals surface area (Å²) in [6.07, 6.45) is 0. The molecule has 0 unspecified atom stereocenters. The highest BCUT2D eigenvalue weighted by Gasteiger charge is 2.19. The maximum absolute atomic E-state index is 12.0. The van der Waals surface area contributed by atoms with Crippen LogP contribution in [0.2, 0.25) is 0 Å². The predicted molar refractivity (Wildman–Crippen MR) is 115 cm³/mol. The SMILES string of the molecule is CCOc1ccc2oc(=O)cc(CN3CCN(Cc4cccc(C)c4)CC3)c2c1. The van der Waals surface area contributed by atoms with Gasteiger partial charge in [0.15, 0.2) is 0 Å². The summed E-state index contributed by atoms with van der Waals surface area (Å²) >= 11 is 0. The number of hydrogen-bond acceptors (Lipinski definition) is 5. The Hall–Kier alpha value is -2.63. The van der Waals surface area contributed by atoms with Crippen LogP contribution in [0.3, 0.4) is 0 Å². The Bertz CT molecular complexity index is 1040. The molecule has 0 saturated carbocycles. The molecule has 2 heterocycles. The van der Waals surface area contributed by atoms with Crippen LogP contribution in [0.1, 0.15) is 23.6 Å². The first-order valence-electron chi connectivity index (χ1n) is 10.3. The van der Waals surface area contributed by atoms with Crippen molar-refractivity contribution in [3.8, 4) is 5.75 Å². The molecule has 0 atom stereocenters. The maximum Gasteiger partial charge on any atom is 0.336 e. The van der Waals surface area contributed by atoms with Crippen LogP contribution in [-0.4, -0.2) is 42.6 Å². The van der Waals surface area contributed by atoms with Crippen LogP contribution in [0.4, 0.5) is 0 Å². The van der Waals surface area contributed by atoms with Crippen molar-refractivity contribution < 1.29 is 9.15 Å². The van der Waals surface area contributed by atoms with Crippen molar-refractivity contribution in [1.82, 2.24) is 9.80 Å². The maximum atomic E-state index is 12.0. The molecular weight excluding hydrogens is 364 g/mol. The molecule has 1 aliphatic heterocycles. The molecule has 1 fully saturated rings. The molecule has 5 heteroatoms. The van der Waals surface area contributed by atoms with Crippen molar-refractivity contribution in [1.29, 1.82) is 0 Å². The smallest absolute Gasteiger partial charge is 0.336 e. The number of benzene rings is 2. The molecular formula is C24H28N2O3. The Morgan fingerprint density at radius 1 is 0.966 bits per heavy atom. The van der Waals surface area contributed by atoms with Crippen molar-refractivity contribution in [3.05, 3.63) is 75.6 Å². The lowest BCUT2D eigenvalue weighted by Crippen LogP contribution is -2.45. The quantitative estimate of drug-likeness (QED) is 0.597. The van der Waals surface area contributed by atoms with E-state index in [1.54, 1.807) is 6.07 Å². The van der Waals surface area contributed by atoms with E-state index in [4.69, 9.17) is 9.15 Å². The molecule has 0 aliphatic carbocycles. The van der Waals surface area contributed by atoms with E-state index in [1.807, 2.05) is 25.1 Å². The average molecular weight is 392 g/mol. The monoisotopic (exact) mass is 392 g/mol. The molecule has 4 rings (SSSR count). The van der Waals surface area contributed by atoms with Crippen LogP contribution in [0.15, 0.2) is 57.7 Å². The summed E-state index contributed by atoms with van der Waals surface area (Å²) in [7, 11) is 0. The fraction of sp³-hybridized carbons (Fsp3) is 0.375. The number of aryl methyl sites for hydroxylation is 1. The van der Waals surface area contributed by atoms with E-state index in [0.29, 0.717) is 12.2 Å². The molecule has 1 aliphatic rings. The van der Waals surface area contributed by atoms with Gasteiger partial charge in [0, 0.05) is 50.7 Å². The second-order valence-corrected chi connectivity index (χ2v) is 7.72. The number of nitrogens with zero attached hydrogens (tertiary/aromatic N) is 2. The van der Waals surface area contributed by atoms with E-state index >= 15 is 0 Å². The molecule has 0 bridgehead atoms. The van der Waals surface area contributed by atoms with E-state index in [0.717, 1.165) is 56.0 Å². The van der Waals surface area contributed by atoms with Gasteiger partial charge in [-0.1, -0.05) is 29.8 Å². The average Bonchev–Trinajstić information content (AvgIpc) is 2.70. The van der Waals surface area contributed by atoms with Gasteiger partial charge in [-0.2, -0.15) is 0 Å². The molecule has 0 amide bonds. The first-order chi connectivity index (χ1) is 14.1. The van der Waals surface area contributed by atoms with Crippen LogP contribution in [0, 0.1) is 6.92 Å². The van der Waals surface area contributed by atoms with Gasteiger partial charge >= 0.3 is 5.63 Å². The second-order valence-electron chi connectivity index (χ2n) is 7.72. The molecule has 2 aromatic carbocycles. The molecule has 0 spiro atoms. The van der Waals surface area contributed by atoms with E-state index in [-0.39, 0.29) is 5.63 Å². The fourth-order valence-electron chi connectivity index (χ4n) is 4.01. The number of hydrogen-bond donors (Lipinski definition) is 0. The summed E-state index contributed by atoms with van der Waals surface area (Å²) in [4.78, 5) is 16.9. The van der Waals surface area contributed by atoms with Crippen molar-refractivity contribution in [3.63, 3.8) is 0 Å². The Morgan fingerprint density at radius 2 is 1.72 bits per heavy atom. The number of ether oxygens (including phenoxy) is 1. The summed E-state index contributed by atoms with van der Waals surface area (Å²) in [5.41, 5.74) is 4.00. The van der Waals surface area contributed by atoms with Gasteiger partial charge in [0.25, 0.3) is 0 Å². The van der Waals surface area contributed by atoms with Gasteiger partial charge in [-0.15, -0.1) is 0 Å². The van der Waals surface area contributed by atoms with E-state index in [1.165, 1.54) is 11.1 Å². The normalized spacial score (nSPS) is 15.7.